The molecule has 8 heterocycles. The minimum Gasteiger partial charge on any atom is -0.456 e. The molecule has 0 fully saturated rings. The first-order chi connectivity index (χ1) is 58.4. The van der Waals surface area contributed by atoms with Crippen molar-refractivity contribution in [3.8, 4) is 159 Å². The van der Waals surface area contributed by atoms with Gasteiger partial charge in [0, 0.05) is 122 Å². The zero-order valence-electron chi connectivity index (χ0n) is 62.6. The fourth-order valence-corrected chi connectivity index (χ4v) is 19.7. The highest BCUT2D eigenvalue weighted by Crippen LogP contribution is 2.47. The molecule has 0 amide bonds. The van der Waals surface area contributed by atoms with Crippen LogP contribution in [0, 0.1) is 0 Å². The topological polar surface area (TPSA) is 155 Å². The number of fused-ring (bicyclic) bond motifs is 12. The number of hydrogen-bond donors (Lipinski definition) is 0. The number of aromatic nitrogens is 11. The lowest BCUT2D eigenvalue weighted by molar-refractivity contribution is 0.669. The molecule has 12 nitrogen and oxygen atoms in total. The standard InChI is InChI=1S/C103H59N11OS3/c1-5-22-62(23-6-1)94-106-95(63-24-7-2-8-25-63)108-98(107-94)66-48-44-60(45-49-66)70-52-54-86-81(58-70)76-38-20-40-80(92(76)117-86)103-104-89(93-90(105-103)78-35-14-16-43-85(78)118-93)71-32-17-30-68(56-71)69-31-18-33-72(57-69)100-110-96(64-26-9-3-10-27-64)111-101(112-100)73-53-55-87-82(59-73)75-37-19-36-74(91(75)116-87)61-46-50-67(51-47-61)99-109-97(65-28-11-4-12-29-65)113-102(114-99)79-39-21-42-84-88(79)77-34-13-15-41-83(77)115-84/h1-59H. The molecule has 550 valence electrons. The summed E-state index contributed by atoms with van der Waals surface area (Å²) in [5.41, 5.74) is 19.9. The van der Waals surface area contributed by atoms with E-state index in [1.54, 1.807) is 34.0 Å². The zero-order valence-corrected chi connectivity index (χ0v) is 65.1. The Hall–Kier alpha value is -15.1. The van der Waals surface area contributed by atoms with E-state index in [1.807, 2.05) is 140 Å². The van der Waals surface area contributed by atoms with E-state index in [0.717, 1.165) is 168 Å². The van der Waals surface area contributed by atoms with E-state index in [4.69, 9.17) is 59.2 Å². The second-order valence-electron chi connectivity index (χ2n) is 29.1. The lowest BCUT2D eigenvalue weighted by atomic mass is 9.99. The molecular weight excluding hydrogens is 1500 g/mol. The van der Waals surface area contributed by atoms with Crippen molar-refractivity contribution in [1.29, 1.82) is 0 Å². The maximum atomic E-state index is 6.32. The molecule has 0 saturated carbocycles. The SMILES string of the molecule is c1ccc(-c2nc(-c3ccccc3)nc(-c3ccc(-c4ccc5sc6c(-c7nc(-c8cccc(-c9cccc(-c%10nc(-c%11ccccc%11)nc(-c%11ccc%12sc%13c(-c%14ccc(-c%15nc(-c%16ccccc%16)nc(-c%16cccc%17oc%18ccccc%18c%16%17)n%15)cc%14)cccc%13c%12c%11)n%10)c9)c8)c8sc9ccccc9c8n7)cccc6c5c4)cc3)n2)cc1. The maximum Gasteiger partial charge on any atom is 0.164 e. The van der Waals surface area contributed by atoms with E-state index in [9.17, 15) is 0 Å². The molecule has 8 aromatic heterocycles. The summed E-state index contributed by atoms with van der Waals surface area (Å²) in [6, 6.07) is 124. The summed E-state index contributed by atoms with van der Waals surface area (Å²) in [6.45, 7) is 0. The molecule has 0 aliphatic heterocycles. The van der Waals surface area contributed by atoms with Crippen LogP contribution in [-0.2, 0) is 0 Å². The summed E-state index contributed by atoms with van der Waals surface area (Å²) in [5, 5.41) is 7.68. The molecule has 0 radical (unpaired) electrons. The van der Waals surface area contributed by atoms with Crippen molar-refractivity contribution in [3.63, 3.8) is 0 Å². The van der Waals surface area contributed by atoms with Gasteiger partial charge < -0.3 is 4.42 Å². The van der Waals surface area contributed by atoms with Gasteiger partial charge in [0.25, 0.3) is 0 Å². The van der Waals surface area contributed by atoms with Crippen LogP contribution in [0.4, 0.5) is 0 Å². The quantitative estimate of drug-likeness (QED) is 0.102. The van der Waals surface area contributed by atoms with Gasteiger partial charge in [-0.3, -0.25) is 0 Å². The molecule has 0 aliphatic rings. The first-order valence-corrected chi connectivity index (χ1v) is 41.3. The van der Waals surface area contributed by atoms with Gasteiger partial charge in [0.1, 0.15) is 11.2 Å². The highest BCUT2D eigenvalue weighted by atomic mass is 32.1. The van der Waals surface area contributed by atoms with Crippen LogP contribution in [0.15, 0.2) is 362 Å². The number of para-hydroxylation sites is 1. The van der Waals surface area contributed by atoms with Crippen LogP contribution in [0.3, 0.4) is 0 Å². The van der Waals surface area contributed by atoms with Crippen LogP contribution in [0.5, 0.6) is 0 Å². The van der Waals surface area contributed by atoms with E-state index in [1.165, 1.54) is 14.8 Å². The summed E-state index contributed by atoms with van der Waals surface area (Å²) >= 11 is 5.30. The first-order valence-electron chi connectivity index (χ1n) is 38.8. The largest absolute Gasteiger partial charge is 0.456 e. The lowest BCUT2D eigenvalue weighted by Crippen LogP contribution is -2.00. The molecule has 118 heavy (non-hydrogen) atoms. The first kappa shape index (κ1) is 68.5. The zero-order chi connectivity index (χ0) is 77.7. The van der Waals surface area contributed by atoms with Crippen molar-refractivity contribution in [2.45, 2.75) is 0 Å². The summed E-state index contributed by atoms with van der Waals surface area (Å²) in [5.74, 6) is 6.03. The Kier molecular flexibility index (Phi) is 16.5. The predicted octanol–water partition coefficient (Wildman–Crippen LogP) is 27.4. The third-order valence-electron chi connectivity index (χ3n) is 21.9. The fourth-order valence-electron chi connectivity index (χ4n) is 16.1. The van der Waals surface area contributed by atoms with Crippen molar-refractivity contribution in [2.75, 3.05) is 0 Å². The summed E-state index contributed by atoms with van der Waals surface area (Å²) < 4.78 is 13.2. The van der Waals surface area contributed by atoms with Gasteiger partial charge in [-0.1, -0.05) is 291 Å². The average molecular weight is 1560 g/mol. The fraction of sp³-hybridized carbons (Fsp3) is 0. The van der Waals surface area contributed by atoms with Crippen LogP contribution in [-0.4, -0.2) is 54.8 Å². The summed E-state index contributed by atoms with van der Waals surface area (Å²) in [7, 11) is 0. The van der Waals surface area contributed by atoms with Gasteiger partial charge in [-0.25, -0.2) is 54.8 Å². The van der Waals surface area contributed by atoms with Gasteiger partial charge in [-0.2, -0.15) is 0 Å². The van der Waals surface area contributed by atoms with E-state index >= 15 is 0 Å². The molecule has 0 spiro atoms. The average Bonchev–Trinajstić information content (AvgIpc) is 1.57. The Bertz CT molecular complexity index is 7870. The highest BCUT2D eigenvalue weighted by molar-refractivity contribution is 7.27. The second kappa shape index (κ2) is 28.5. The molecule has 0 unspecified atom stereocenters. The van der Waals surface area contributed by atoms with Crippen LogP contribution in [0.25, 0.3) is 241 Å². The Morgan fingerprint density at radius 1 is 0.178 bits per heavy atom. The maximum absolute atomic E-state index is 6.32. The van der Waals surface area contributed by atoms with Gasteiger partial charge in [-0.15, -0.1) is 34.0 Å². The molecule has 23 rings (SSSR count). The van der Waals surface area contributed by atoms with E-state index < -0.39 is 0 Å². The Morgan fingerprint density at radius 3 is 1.09 bits per heavy atom. The van der Waals surface area contributed by atoms with Gasteiger partial charge in [0.15, 0.2) is 58.2 Å². The van der Waals surface area contributed by atoms with Crippen LogP contribution < -0.4 is 0 Å². The summed E-state index contributed by atoms with van der Waals surface area (Å²) in [4.78, 5) is 57.3. The summed E-state index contributed by atoms with van der Waals surface area (Å²) in [6.07, 6.45) is 0. The van der Waals surface area contributed by atoms with Gasteiger partial charge >= 0.3 is 0 Å². The van der Waals surface area contributed by atoms with Crippen LogP contribution in [0.2, 0.25) is 0 Å². The Morgan fingerprint density at radius 2 is 0.517 bits per heavy atom. The molecule has 0 saturated heterocycles. The Labute approximate surface area is 687 Å². The number of thiophene rings is 3. The predicted molar refractivity (Wildman–Crippen MR) is 484 cm³/mol. The Balaban J connectivity index is 0.562. The normalized spacial score (nSPS) is 11.7. The number of hydrogen-bond acceptors (Lipinski definition) is 15. The van der Waals surface area contributed by atoms with Crippen molar-refractivity contribution in [2.24, 2.45) is 0 Å². The van der Waals surface area contributed by atoms with Crippen LogP contribution >= 0.6 is 34.0 Å². The lowest BCUT2D eigenvalue weighted by Gasteiger charge is -2.11. The highest BCUT2D eigenvalue weighted by Gasteiger charge is 2.25. The number of nitrogens with zero attached hydrogens (tertiary/aromatic N) is 11. The monoisotopic (exact) mass is 1560 g/mol. The van der Waals surface area contributed by atoms with E-state index in [2.05, 4.69) is 218 Å². The third kappa shape index (κ3) is 12.2. The van der Waals surface area contributed by atoms with Crippen LogP contribution in [0.1, 0.15) is 0 Å². The van der Waals surface area contributed by atoms with Gasteiger partial charge in [0.2, 0.25) is 0 Å². The molecule has 0 bridgehead atoms. The van der Waals surface area contributed by atoms with Crippen molar-refractivity contribution in [1.82, 2.24) is 54.8 Å². The van der Waals surface area contributed by atoms with E-state index in [0.29, 0.717) is 58.2 Å². The molecule has 0 aliphatic carbocycles. The van der Waals surface area contributed by atoms with Crippen molar-refractivity contribution >= 4 is 117 Å². The second-order valence-corrected chi connectivity index (χ2v) is 32.3. The van der Waals surface area contributed by atoms with E-state index in [-0.39, 0.29) is 0 Å². The number of rotatable bonds is 14. The van der Waals surface area contributed by atoms with Gasteiger partial charge in [0.05, 0.1) is 15.9 Å². The minimum absolute atomic E-state index is 0.567. The van der Waals surface area contributed by atoms with Crippen molar-refractivity contribution < 1.29 is 4.42 Å². The smallest absolute Gasteiger partial charge is 0.164 e. The molecule has 0 atom stereocenters. The number of furan rings is 1. The number of benzene rings is 15. The third-order valence-corrected chi connectivity index (χ3v) is 25.5. The molecular formula is C103H59N11OS3. The molecule has 15 heteroatoms. The van der Waals surface area contributed by atoms with Gasteiger partial charge in [-0.05, 0) is 100 Å². The minimum atomic E-state index is 0.567. The molecule has 0 N–H and O–H groups in total. The molecule has 23 aromatic rings. The molecule has 15 aromatic carbocycles. The van der Waals surface area contributed by atoms with Crippen molar-refractivity contribution in [3.05, 3.63) is 358 Å².